The summed E-state index contributed by atoms with van der Waals surface area (Å²) >= 11 is 0. The average molecular weight is 292 g/mol. The van der Waals surface area contributed by atoms with Crippen LogP contribution in [0.15, 0.2) is 53.7 Å². The monoisotopic (exact) mass is 292 g/mol. The summed E-state index contributed by atoms with van der Waals surface area (Å²) in [5, 5.41) is 9.20. The van der Waals surface area contributed by atoms with E-state index in [0.717, 1.165) is 10.2 Å². The highest BCUT2D eigenvalue weighted by Crippen LogP contribution is 2.26. The van der Waals surface area contributed by atoms with Gasteiger partial charge in [-0.2, -0.15) is 0 Å². The Morgan fingerprint density at radius 2 is 1.85 bits per heavy atom. The number of hydrogen-bond acceptors (Lipinski definition) is 4. The van der Waals surface area contributed by atoms with Crippen LogP contribution >= 0.6 is 0 Å². The average Bonchev–Trinajstić information content (AvgIpc) is 2.89. The Morgan fingerprint density at radius 3 is 2.55 bits per heavy atom. The fourth-order valence-electron chi connectivity index (χ4n) is 1.92. The lowest BCUT2D eigenvalue weighted by Gasteiger charge is -2.06. The van der Waals surface area contributed by atoms with Gasteiger partial charge in [0.1, 0.15) is 0 Å². The normalized spacial score (nSPS) is 11.8. The second-order valence-electron chi connectivity index (χ2n) is 4.12. The highest BCUT2D eigenvalue weighted by Gasteiger charge is 2.21. The maximum Gasteiger partial charge on any atom is 0.269 e. The molecule has 3 aromatic rings. The van der Waals surface area contributed by atoms with E-state index in [1.54, 1.807) is 18.2 Å². The number of halogens is 1. The van der Waals surface area contributed by atoms with Crippen molar-refractivity contribution < 1.29 is 17.9 Å². The van der Waals surface area contributed by atoms with Crippen molar-refractivity contribution in [3.63, 3.8) is 0 Å². The SMILES string of the molecule is O=S(=O)(c1ccccc1)n1ccc2c(F)c(O)cnc21. The van der Waals surface area contributed by atoms with E-state index in [9.17, 15) is 17.9 Å². The third-order valence-corrected chi connectivity index (χ3v) is 4.58. The number of hydrogen-bond donors (Lipinski definition) is 1. The van der Waals surface area contributed by atoms with Gasteiger partial charge in [0.25, 0.3) is 10.0 Å². The van der Waals surface area contributed by atoms with E-state index in [0.29, 0.717) is 0 Å². The Balaban J connectivity index is 2.29. The number of rotatable bonds is 2. The number of pyridine rings is 1. The third kappa shape index (κ3) is 1.75. The summed E-state index contributed by atoms with van der Waals surface area (Å²) in [6.45, 7) is 0. The van der Waals surface area contributed by atoms with Crippen molar-refractivity contribution in [1.82, 2.24) is 8.96 Å². The molecule has 0 fully saturated rings. The number of benzene rings is 1. The van der Waals surface area contributed by atoms with Gasteiger partial charge in [0.2, 0.25) is 0 Å². The van der Waals surface area contributed by atoms with Gasteiger partial charge in [0.05, 0.1) is 16.5 Å². The Labute approximate surface area is 114 Å². The van der Waals surface area contributed by atoms with Gasteiger partial charge in [0.15, 0.2) is 17.2 Å². The zero-order valence-corrected chi connectivity index (χ0v) is 10.9. The van der Waals surface area contributed by atoms with E-state index in [2.05, 4.69) is 4.98 Å². The molecular formula is C13H9FN2O3S. The molecule has 2 heterocycles. The van der Waals surface area contributed by atoms with Crippen LogP contribution in [0.3, 0.4) is 0 Å². The fourth-order valence-corrected chi connectivity index (χ4v) is 3.24. The molecule has 102 valence electrons. The van der Waals surface area contributed by atoms with Gasteiger partial charge in [0, 0.05) is 6.20 Å². The van der Waals surface area contributed by atoms with Gasteiger partial charge in [-0.1, -0.05) is 18.2 Å². The highest BCUT2D eigenvalue weighted by molar-refractivity contribution is 7.90. The first-order valence-electron chi connectivity index (χ1n) is 5.67. The second-order valence-corrected chi connectivity index (χ2v) is 5.94. The summed E-state index contributed by atoms with van der Waals surface area (Å²) in [5.74, 6) is -1.51. The molecule has 0 saturated heterocycles. The van der Waals surface area contributed by atoms with E-state index in [-0.39, 0.29) is 15.9 Å². The zero-order chi connectivity index (χ0) is 14.3. The van der Waals surface area contributed by atoms with E-state index in [4.69, 9.17) is 0 Å². The molecule has 0 aliphatic heterocycles. The summed E-state index contributed by atoms with van der Waals surface area (Å²) in [7, 11) is -3.85. The molecule has 5 nitrogen and oxygen atoms in total. The van der Waals surface area contributed by atoms with Crippen molar-refractivity contribution in [2.24, 2.45) is 0 Å². The quantitative estimate of drug-likeness (QED) is 0.785. The van der Waals surface area contributed by atoms with Crippen molar-refractivity contribution in [1.29, 1.82) is 0 Å². The molecule has 0 spiro atoms. The molecule has 3 rings (SSSR count). The lowest BCUT2D eigenvalue weighted by Crippen LogP contribution is -2.12. The van der Waals surface area contributed by atoms with Crippen LogP contribution in [-0.2, 0) is 10.0 Å². The molecule has 0 aliphatic carbocycles. The molecule has 1 aromatic carbocycles. The van der Waals surface area contributed by atoms with Crippen LogP contribution in [0.25, 0.3) is 11.0 Å². The lowest BCUT2D eigenvalue weighted by atomic mass is 10.3. The smallest absolute Gasteiger partial charge is 0.269 e. The predicted molar refractivity (Wildman–Crippen MR) is 70.4 cm³/mol. The molecule has 20 heavy (non-hydrogen) atoms. The second kappa shape index (κ2) is 4.31. The molecule has 2 aromatic heterocycles. The van der Waals surface area contributed by atoms with Crippen LogP contribution in [-0.4, -0.2) is 22.5 Å². The van der Waals surface area contributed by atoms with Gasteiger partial charge in [-0.25, -0.2) is 21.8 Å². The summed E-state index contributed by atoms with van der Waals surface area (Å²) in [6.07, 6.45) is 2.09. The van der Waals surface area contributed by atoms with Gasteiger partial charge in [-0.05, 0) is 18.2 Å². The maximum absolute atomic E-state index is 13.7. The van der Waals surface area contributed by atoms with Crippen molar-refractivity contribution >= 4 is 21.1 Å². The first-order chi connectivity index (χ1) is 9.51. The minimum absolute atomic E-state index is 0.0514. The summed E-state index contributed by atoms with van der Waals surface area (Å²) in [4.78, 5) is 3.86. The van der Waals surface area contributed by atoms with Crippen LogP contribution in [0.1, 0.15) is 0 Å². The molecule has 0 saturated carbocycles. The molecule has 0 aliphatic rings. The van der Waals surface area contributed by atoms with Crippen molar-refractivity contribution in [2.75, 3.05) is 0 Å². The molecule has 0 radical (unpaired) electrons. The molecule has 7 heteroatoms. The van der Waals surface area contributed by atoms with E-state index in [1.807, 2.05) is 0 Å². The number of aromatic hydroxyl groups is 1. The van der Waals surface area contributed by atoms with E-state index < -0.39 is 21.6 Å². The van der Waals surface area contributed by atoms with Gasteiger partial charge < -0.3 is 5.11 Å². The predicted octanol–water partition coefficient (Wildman–Crippen LogP) is 2.12. The standard InChI is InChI=1S/C13H9FN2O3S/c14-12-10-6-7-16(13(10)15-8-11(12)17)20(18,19)9-4-2-1-3-5-9/h1-8,17H. The molecule has 1 N–H and O–H groups in total. The summed E-state index contributed by atoms with van der Waals surface area (Å²) in [6, 6.07) is 9.04. The van der Waals surface area contributed by atoms with Gasteiger partial charge in [-0.15, -0.1) is 0 Å². The number of fused-ring (bicyclic) bond motifs is 1. The molecular weight excluding hydrogens is 283 g/mol. The number of nitrogens with zero attached hydrogens (tertiary/aromatic N) is 2. The summed E-state index contributed by atoms with van der Waals surface area (Å²) in [5.41, 5.74) is -0.0656. The van der Waals surface area contributed by atoms with Crippen molar-refractivity contribution in [3.8, 4) is 5.75 Å². The van der Waals surface area contributed by atoms with E-state index >= 15 is 0 Å². The highest BCUT2D eigenvalue weighted by atomic mass is 32.2. The molecule has 0 bridgehead atoms. The van der Waals surface area contributed by atoms with Gasteiger partial charge >= 0.3 is 0 Å². The fraction of sp³-hybridized carbons (Fsp3) is 0. The minimum atomic E-state index is -3.85. The van der Waals surface area contributed by atoms with E-state index in [1.165, 1.54) is 24.4 Å². The first-order valence-corrected chi connectivity index (χ1v) is 7.11. The topological polar surface area (TPSA) is 72.2 Å². The molecule has 0 unspecified atom stereocenters. The number of aromatic nitrogens is 2. The van der Waals surface area contributed by atoms with Crippen LogP contribution in [0, 0.1) is 5.82 Å². The lowest BCUT2D eigenvalue weighted by molar-refractivity contribution is 0.433. The Morgan fingerprint density at radius 1 is 1.15 bits per heavy atom. The maximum atomic E-state index is 13.7. The Hall–Kier alpha value is -2.41. The van der Waals surface area contributed by atoms with Crippen LogP contribution in [0.2, 0.25) is 0 Å². The Bertz CT molecular complexity index is 889. The third-order valence-electron chi connectivity index (χ3n) is 2.90. The Kier molecular flexibility index (Phi) is 2.72. The summed E-state index contributed by atoms with van der Waals surface area (Å²) < 4.78 is 39.5. The van der Waals surface area contributed by atoms with Crippen molar-refractivity contribution in [3.05, 3.63) is 54.6 Å². The molecule has 0 amide bonds. The van der Waals surface area contributed by atoms with Crippen LogP contribution in [0.5, 0.6) is 5.75 Å². The van der Waals surface area contributed by atoms with Crippen LogP contribution < -0.4 is 0 Å². The van der Waals surface area contributed by atoms with Crippen molar-refractivity contribution in [2.45, 2.75) is 4.90 Å². The largest absolute Gasteiger partial charge is 0.504 e. The first kappa shape index (κ1) is 12.6. The minimum Gasteiger partial charge on any atom is -0.504 e. The van der Waals surface area contributed by atoms with Gasteiger partial charge in [-0.3, -0.25) is 0 Å². The van der Waals surface area contributed by atoms with Crippen LogP contribution in [0.4, 0.5) is 4.39 Å². The zero-order valence-electron chi connectivity index (χ0n) is 10.1. The molecule has 0 atom stereocenters.